The van der Waals surface area contributed by atoms with Crippen LogP contribution in [-0.4, -0.2) is 0 Å². The van der Waals surface area contributed by atoms with Crippen molar-refractivity contribution in [2.45, 2.75) is 58.9 Å². The van der Waals surface area contributed by atoms with Crippen molar-refractivity contribution < 1.29 is 0 Å². The van der Waals surface area contributed by atoms with E-state index in [0.717, 1.165) is 5.92 Å². The third kappa shape index (κ3) is 1.93. The Bertz CT molecular complexity index is 469. The molecule has 0 aromatic heterocycles. The maximum Gasteiger partial charge on any atom is 0.0498 e. The number of rotatable bonds is 4. The summed E-state index contributed by atoms with van der Waals surface area (Å²) in [6.07, 6.45) is 4.12. The molecule has 1 atom stereocenters. The highest BCUT2D eigenvalue weighted by Gasteiger charge is 2.67. The molecule has 1 unspecified atom stereocenters. The lowest BCUT2D eigenvalue weighted by atomic mass is 9.79. The van der Waals surface area contributed by atoms with Crippen molar-refractivity contribution in [2.75, 3.05) is 0 Å². The summed E-state index contributed by atoms with van der Waals surface area (Å²) in [6, 6.07) is 9.44. The Morgan fingerprint density at radius 2 is 1.60 bits per heavy atom. The Hall–Kier alpha value is -0.860. The first-order valence-electron chi connectivity index (χ1n) is 7.95. The number of hydrazine groups is 1. The molecule has 20 heavy (non-hydrogen) atoms. The Morgan fingerprint density at radius 3 is 1.95 bits per heavy atom. The van der Waals surface area contributed by atoms with Crippen LogP contribution in [0.15, 0.2) is 24.3 Å². The normalized spacial score (nSPS) is 26.1. The van der Waals surface area contributed by atoms with Gasteiger partial charge in [0.2, 0.25) is 0 Å². The maximum atomic E-state index is 5.87. The van der Waals surface area contributed by atoms with Crippen LogP contribution in [0.1, 0.15) is 70.0 Å². The van der Waals surface area contributed by atoms with E-state index in [0.29, 0.717) is 16.7 Å². The van der Waals surface area contributed by atoms with Gasteiger partial charge in [0, 0.05) is 6.04 Å². The van der Waals surface area contributed by atoms with Crippen molar-refractivity contribution in [3.8, 4) is 0 Å². The predicted molar refractivity (Wildman–Crippen MR) is 84.2 cm³/mol. The van der Waals surface area contributed by atoms with Crippen LogP contribution in [0.2, 0.25) is 0 Å². The van der Waals surface area contributed by atoms with E-state index in [2.05, 4.69) is 57.4 Å². The van der Waals surface area contributed by atoms with Crippen LogP contribution in [0.4, 0.5) is 0 Å². The zero-order valence-electron chi connectivity index (χ0n) is 13.2. The van der Waals surface area contributed by atoms with Crippen LogP contribution in [-0.2, 0) is 0 Å². The molecule has 1 aromatic rings. The minimum Gasteiger partial charge on any atom is -0.271 e. The van der Waals surface area contributed by atoms with Crippen molar-refractivity contribution in [1.82, 2.24) is 5.43 Å². The molecule has 0 radical (unpaired) electrons. The summed E-state index contributed by atoms with van der Waals surface area (Å²) in [5, 5.41) is 0. The number of hydrogen-bond donors (Lipinski definition) is 2. The largest absolute Gasteiger partial charge is 0.271 e. The molecule has 0 bridgehead atoms. The monoisotopic (exact) mass is 272 g/mol. The molecule has 2 fully saturated rings. The molecule has 0 heterocycles. The van der Waals surface area contributed by atoms with E-state index in [4.69, 9.17) is 5.84 Å². The lowest BCUT2D eigenvalue weighted by Crippen LogP contribution is -2.31. The van der Waals surface area contributed by atoms with Crippen LogP contribution in [0, 0.1) is 16.7 Å². The molecule has 2 saturated carbocycles. The average Bonchev–Trinajstić information content (AvgIpc) is 2.73. The fourth-order valence-corrected chi connectivity index (χ4v) is 4.18. The van der Waals surface area contributed by atoms with Crippen LogP contribution in [0.5, 0.6) is 0 Å². The summed E-state index contributed by atoms with van der Waals surface area (Å²) in [6.45, 7) is 9.41. The van der Waals surface area contributed by atoms with Crippen molar-refractivity contribution in [2.24, 2.45) is 22.6 Å². The van der Waals surface area contributed by atoms with Gasteiger partial charge >= 0.3 is 0 Å². The highest BCUT2D eigenvalue weighted by Crippen LogP contribution is 2.72. The third-order valence-corrected chi connectivity index (χ3v) is 6.52. The van der Waals surface area contributed by atoms with E-state index in [1.807, 2.05) is 0 Å². The van der Waals surface area contributed by atoms with Crippen LogP contribution >= 0.6 is 0 Å². The fourth-order valence-electron chi connectivity index (χ4n) is 4.18. The summed E-state index contributed by atoms with van der Waals surface area (Å²) in [7, 11) is 0. The minimum absolute atomic E-state index is 0.260. The second-order valence-corrected chi connectivity index (χ2v) is 7.86. The summed E-state index contributed by atoms with van der Waals surface area (Å²) in [4.78, 5) is 0. The molecule has 2 heteroatoms. The van der Waals surface area contributed by atoms with Crippen LogP contribution in [0.3, 0.4) is 0 Å². The SMILES string of the molecule is CC1(C)C(C(NN)c2ccc(C3CCC3)cc2)C1(C)C. The molecule has 3 N–H and O–H groups in total. The van der Waals surface area contributed by atoms with Gasteiger partial charge in [-0.2, -0.15) is 0 Å². The summed E-state index contributed by atoms with van der Waals surface area (Å²) < 4.78 is 0. The summed E-state index contributed by atoms with van der Waals surface area (Å²) in [5.74, 6) is 7.27. The molecule has 110 valence electrons. The van der Waals surface area contributed by atoms with E-state index in [-0.39, 0.29) is 6.04 Å². The Balaban J connectivity index is 1.80. The second kappa shape index (κ2) is 4.57. The molecule has 2 aliphatic rings. The first-order valence-corrected chi connectivity index (χ1v) is 7.95. The Labute approximate surface area is 123 Å². The minimum atomic E-state index is 0.260. The molecule has 2 nitrogen and oxygen atoms in total. The molecule has 2 aliphatic carbocycles. The maximum absolute atomic E-state index is 5.87. The Morgan fingerprint density at radius 1 is 1.05 bits per heavy atom. The van der Waals surface area contributed by atoms with Crippen molar-refractivity contribution in [3.63, 3.8) is 0 Å². The lowest BCUT2D eigenvalue weighted by Gasteiger charge is -2.26. The first-order chi connectivity index (χ1) is 9.39. The molecular formula is C18H28N2. The number of nitrogens with two attached hydrogens (primary N) is 1. The highest BCUT2D eigenvalue weighted by atomic mass is 15.2. The summed E-state index contributed by atoms with van der Waals surface area (Å²) >= 11 is 0. The number of nitrogens with one attached hydrogen (secondary N) is 1. The average molecular weight is 272 g/mol. The molecule has 3 rings (SSSR count). The highest BCUT2D eigenvalue weighted by molar-refractivity contribution is 5.32. The zero-order chi connectivity index (χ0) is 14.5. The van der Waals surface area contributed by atoms with E-state index < -0.39 is 0 Å². The molecule has 1 aromatic carbocycles. The lowest BCUT2D eigenvalue weighted by molar-refractivity contribution is 0.413. The van der Waals surface area contributed by atoms with Gasteiger partial charge in [-0.3, -0.25) is 11.3 Å². The first kappa shape index (κ1) is 14.1. The molecular weight excluding hydrogens is 244 g/mol. The zero-order valence-corrected chi connectivity index (χ0v) is 13.2. The topological polar surface area (TPSA) is 38.0 Å². The van der Waals surface area contributed by atoms with Crippen LogP contribution < -0.4 is 11.3 Å². The Kier molecular flexibility index (Phi) is 3.22. The molecule has 0 saturated heterocycles. The predicted octanol–water partition coefficient (Wildman–Crippen LogP) is 4.14. The van der Waals surface area contributed by atoms with Gasteiger partial charge in [0.15, 0.2) is 0 Å². The summed E-state index contributed by atoms with van der Waals surface area (Å²) in [5.41, 5.74) is 6.59. The van der Waals surface area contributed by atoms with Gasteiger partial charge in [-0.1, -0.05) is 58.4 Å². The van der Waals surface area contributed by atoms with E-state index in [1.165, 1.54) is 30.4 Å². The van der Waals surface area contributed by atoms with Gasteiger partial charge in [-0.25, -0.2) is 0 Å². The number of hydrogen-bond acceptors (Lipinski definition) is 2. The molecule has 0 aliphatic heterocycles. The fraction of sp³-hybridized carbons (Fsp3) is 0.667. The van der Waals surface area contributed by atoms with Gasteiger partial charge in [0.1, 0.15) is 0 Å². The van der Waals surface area contributed by atoms with Gasteiger partial charge in [-0.05, 0) is 46.6 Å². The van der Waals surface area contributed by atoms with Gasteiger partial charge in [0.05, 0.1) is 0 Å². The smallest absolute Gasteiger partial charge is 0.0498 e. The second-order valence-electron chi connectivity index (χ2n) is 7.86. The van der Waals surface area contributed by atoms with Crippen LogP contribution in [0.25, 0.3) is 0 Å². The standard InChI is InChI=1S/C18H28N2/c1-17(2)16(18(17,3)4)15(20-19)14-10-8-13(9-11-14)12-6-5-7-12/h8-12,15-16,20H,5-7,19H2,1-4H3. The molecule has 0 amide bonds. The van der Waals surface area contributed by atoms with Gasteiger partial charge in [-0.15, -0.1) is 0 Å². The van der Waals surface area contributed by atoms with E-state index >= 15 is 0 Å². The van der Waals surface area contributed by atoms with E-state index in [9.17, 15) is 0 Å². The molecule has 0 spiro atoms. The van der Waals surface area contributed by atoms with Crippen molar-refractivity contribution in [3.05, 3.63) is 35.4 Å². The third-order valence-electron chi connectivity index (χ3n) is 6.52. The van der Waals surface area contributed by atoms with Gasteiger partial charge in [0.25, 0.3) is 0 Å². The van der Waals surface area contributed by atoms with Crippen molar-refractivity contribution in [1.29, 1.82) is 0 Å². The van der Waals surface area contributed by atoms with E-state index in [1.54, 1.807) is 0 Å². The number of benzene rings is 1. The van der Waals surface area contributed by atoms with Crippen molar-refractivity contribution >= 4 is 0 Å². The van der Waals surface area contributed by atoms with Gasteiger partial charge < -0.3 is 0 Å². The quantitative estimate of drug-likeness (QED) is 0.638.